The minimum atomic E-state index is 0.881. The van der Waals surface area contributed by atoms with Crippen LogP contribution in [0.25, 0.3) is 76.2 Å². The van der Waals surface area contributed by atoms with Gasteiger partial charge in [-0.25, -0.2) is 0 Å². The molecule has 2 heterocycles. The van der Waals surface area contributed by atoms with Crippen LogP contribution in [0.15, 0.2) is 215 Å². The highest BCUT2D eigenvalue weighted by atomic mass is 16.3. The SMILES string of the molecule is c1ccc(N(c2ccc3oc4ccccc4c3c2)c2cccc3c2ccc2c3ccc3cccc(N(c4ccccc4)c4ccc5oc6ccccc6c5c4)c32)cc1. The van der Waals surface area contributed by atoms with Crippen LogP contribution in [0.4, 0.5) is 34.1 Å². The van der Waals surface area contributed by atoms with Crippen LogP contribution < -0.4 is 9.80 Å². The molecule has 0 saturated heterocycles. The lowest BCUT2D eigenvalue weighted by Crippen LogP contribution is -2.11. The fraction of sp³-hybridized carbons (Fsp3) is 0. The highest BCUT2D eigenvalue weighted by Gasteiger charge is 2.21. The number of anilines is 6. The molecular weight excluding hydrogens is 709 g/mol. The van der Waals surface area contributed by atoms with Gasteiger partial charge in [-0.2, -0.15) is 0 Å². The largest absolute Gasteiger partial charge is 0.456 e. The summed E-state index contributed by atoms with van der Waals surface area (Å²) in [6.45, 7) is 0. The summed E-state index contributed by atoms with van der Waals surface area (Å²) < 4.78 is 12.5. The van der Waals surface area contributed by atoms with E-state index in [2.05, 4.69) is 192 Å². The predicted octanol–water partition coefficient (Wildman–Crippen LogP) is 15.9. The molecule has 2 aromatic heterocycles. The lowest BCUT2D eigenvalue weighted by molar-refractivity contribution is 0.668. The van der Waals surface area contributed by atoms with Crippen molar-refractivity contribution in [3.63, 3.8) is 0 Å². The number of hydrogen-bond acceptors (Lipinski definition) is 4. The minimum Gasteiger partial charge on any atom is -0.456 e. The smallest absolute Gasteiger partial charge is 0.135 e. The van der Waals surface area contributed by atoms with Gasteiger partial charge in [0.25, 0.3) is 0 Å². The molecule has 272 valence electrons. The zero-order chi connectivity index (χ0) is 38.2. The maximum absolute atomic E-state index is 6.26. The molecule has 0 atom stereocenters. The molecular formula is C54H34N2O2. The van der Waals surface area contributed by atoms with E-state index in [1.807, 2.05) is 24.3 Å². The first-order valence-electron chi connectivity index (χ1n) is 19.7. The van der Waals surface area contributed by atoms with Crippen molar-refractivity contribution in [2.45, 2.75) is 0 Å². The zero-order valence-corrected chi connectivity index (χ0v) is 31.3. The molecule has 0 saturated carbocycles. The average Bonchev–Trinajstić information content (AvgIpc) is 3.85. The Balaban J connectivity index is 1.08. The van der Waals surface area contributed by atoms with E-state index < -0.39 is 0 Å². The van der Waals surface area contributed by atoms with Crippen LogP contribution in [-0.2, 0) is 0 Å². The quantitative estimate of drug-likeness (QED) is 0.159. The second-order valence-electron chi connectivity index (χ2n) is 14.9. The molecule has 0 aliphatic carbocycles. The van der Waals surface area contributed by atoms with E-state index in [0.29, 0.717) is 0 Å². The first kappa shape index (κ1) is 32.4. The molecule has 10 aromatic carbocycles. The molecule has 12 aromatic rings. The summed E-state index contributed by atoms with van der Waals surface area (Å²) in [6.07, 6.45) is 0. The Morgan fingerprint density at radius 1 is 0.259 bits per heavy atom. The van der Waals surface area contributed by atoms with Crippen LogP contribution in [0.5, 0.6) is 0 Å². The van der Waals surface area contributed by atoms with Crippen LogP contribution in [0.2, 0.25) is 0 Å². The van der Waals surface area contributed by atoms with E-state index in [1.165, 1.54) is 32.3 Å². The minimum absolute atomic E-state index is 0.881. The summed E-state index contributed by atoms with van der Waals surface area (Å²) in [4.78, 5) is 4.76. The zero-order valence-electron chi connectivity index (χ0n) is 31.3. The Morgan fingerprint density at radius 3 is 1.36 bits per heavy atom. The van der Waals surface area contributed by atoms with E-state index >= 15 is 0 Å². The Morgan fingerprint density at radius 2 is 0.724 bits per heavy atom. The fourth-order valence-electron chi connectivity index (χ4n) is 9.02. The topological polar surface area (TPSA) is 32.8 Å². The molecule has 0 aliphatic heterocycles. The van der Waals surface area contributed by atoms with Gasteiger partial charge in [-0.05, 0) is 106 Å². The Hall–Kier alpha value is -7.82. The molecule has 0 amide bonds. The number of nitrogens with zero attached hydrogens (tertiary/aromatic N) is 2. The van der Waals surface area contributed by atoms with E-state index in [1.54, 1.807) is 0 Å². The van der Waals surface area contributed by atoms with Gasteiger partial charge in [-0.3, -0.25) is 0 Å². The number of fused-ring (bicyclic) bond motifs is 11. The normalized spacial score (nSPS) is 11.8. The molecule has 4 heteroatoms. The van der Waals surface area contributed by atoms with Gasteiger partial charge in [0.15, 0.2) is 0 Å². The highest BCUT2D eigenvalue weighted by molar-refractivity contribution is 6.23. The molecule has 0 radical (unpaired) electrons. The van der Waals surface area contributed by atoms with Gasteiger partial charge in [-0.15, -0.1) is 0 Å². The number of para-hydroxylation sites is 4. The van der Waals surface area contributed by atoms with Crippen LogP contribution in [0.1, 0.15) is 0 Å². The average molecular weight is 743 g/mol. The second-order valence-corrected chi connectivity index (χ2v) is 14.9. The molecule has 0 spiro atoms. The summed E-state index contributed by atoms with van der Waals surface area (Å²) in [7, 11) is 0. The Kier molecular flexibility index (Phi) is 7.20. The van der Waals surface area contributed by atoms with E-state index in [4.69, 9.17) is 8.83 Å². The Bertz CT molecular complexity index is 3530. The van der Waals surface area contributed by atoms with E-state index in [0.717, 1.165) is 78.0 Å². The van der Waals surface area contributed by atoms with Gasteiger partial charge < -0.3 is 18.6 Å². The molecule has 0 N–H and O–H groups in total. The van der Waals surface area contributed by atoms with Crippen molar-refractivity contribution in [2.75, 3.05) is 9.80 Å². The summed E-state index contributed by atoms with van der Waals surface area (Å²) in [5, 5.41) is 11.6. The van der Waals surface area contributed by atoms with Crippen LogP contribution in [0, 0.1) is 0 Å². The van der Waals surface area contributed by atoms with Gasteiger partial charge in [0.05, 0.1) is 11.4 Å². The van der Waals surface area contributed by atoms with Crippen molar-refractivity contribution in [1.82, 2.24) is 0 Å². The second kappa shape index (κ2) is 12.9. The number of rotatable bonds is 6. The van der Waals surface area contributed by atoms with Crippen LogP contribution in [-0.4, -0.2) is 0 Å². The highest BCUT2D eigenvalue weighted by Crippen LogP contribution is 2.47. The predicted molar refractivity (Wildman–Crippen MR) is 243 cm³/mol. The van der Waals surface area contributed by atoms with Crippen molar-refractivity contribution in [3.8, 4) is 0 Å². The standard InChI is InChI=1S/C54H34N2O2/c1-3-14-36(15-4-1)55(38-26-31-52-46(33-38)43-18-7-9-23-50(43)57-52)48-21-12-20-40-41-28-25-35-13-11-22-49(54(35)45(41)30-29-42(40)48)56(37-16-5-2-6-17-37)39-27-32-53-47(34-39)44-19-8-10-24-51(44)58-53/h1-34H. The molecule has 58 heavy (non-hydrogen) atoms. The third-order valence-corrected chi connectivity index (χ3v) is 11.6. The van der Waals surface area contributed by atoms with E-state index in [-0.39, 0.29) is 0 Å². The van der Waals surface area contributed by atoms with Crippen molar-refractivity contribution >= 4 is 110 Å². The third-order valence-electron chi connectivity index (χ3n) is 11.6. The maximum Gasteiger partial charge on any atom is 0.135 e. The van der Waals surface area contributed by atoms with Gasteiger partial charge in [-0.1, -0.05) is 121 Å². The number of benzene rings is 10. The van der Waals surface area contributed by atoms with Crippen LogP contribution >= 0.6 is 0 Å². The first-order valence-corrected chi connectivity index (χ1v) is 19.7. The molecule has 0 bridgehead atoms. The fourth-order valence-corrected chi connectivity index (χ4v) is 9.02. The van der Waals surface area contributed by atoms with Gasteiger partial charge >= 0.3 is 0 Å². The van der Waals surface area contributed by atoms with Gasteiger partial charge in [0.2, 0.25) is 0 Å². The summed E-state index contributed by atoms with van der Waals surface area (Å²) in [6, 6.07) is 73.4. The lowest BCUT2D eigenvalue weighted by atomic mass is 9.94. The molecule has 4 nitrogen and oxygen atoms in total. The molecule has 0 unspecified atom stereocenters. The van der Waals surface area contributed by atoms with Crippen molar-refractivity contribution < 1.29 is 8.83 Å². The summed E-state index contributed by atoms with van der Waals surface area (Å²) >= 11 is 0. The summed E-state index contributed by atoms with van der Waals surface area (Å²) in [5.41, 5.74) is 10.1. The monoisotopic (exact) mass is 742 g/mol. The summed E-state index contributed by atoms with van der Waals surface area (Å²) in [5.74, 6) is 0. The van der Waals surface area contributed by atoms with Gasteiger partial charge in [0, 0.05) is 55.1 Å². The molecule has 0 aliphatic rings. The number of hydrogen-bond donors (Lipinski definition) is 0. The molecule has 12 rings (SSSR count). The van der Waals surface area contributed by atoms with Gasteiger partial charge in [0.1, 0.15) is 22.3 Å². The Labute approximate surface area is 334 Å². The van der Waals surface area contributed by atoms with E-state index in [9.17, 15) is 0 Å². The lowest BCUT2D eigenvalue weighted by Gasteiger charge is -2.28. The first-order chi connectivity index (χ1) is 28.8. The molecule has 0 fully saturated rings. The number of furan rings is 2. The maximum atomic E-state index is 6.26. The van der Waals surface area contributed by atoms with Crippen molar-refractivity contribution in [1.29, 1.82) is 0 Å². The third kappa shape index (κ3) is 5.02. The van der Waals surface area contributed by atoms with Crippen molar-refractivity contribution in [3.05, 3.63) is 206 Å². The van der Waals surface area contributed by atoms with Crippen molar-refractivity contribution in [2.24, 2.45) is 0 Å². The van der Waals surface area contributed by atoms with Crippen LogP contribution in [0.3, 0.4) is 0 Å².